The van der Waals surface area contributed by atoms with Crippen LogP contribution in [0.5, 0.6) is 11.9 Å². The molecule has 3 aromatic rings. The third-order valence-electron chi connectivity index (χ3n) is 7.23. The summed E-state index contributed by atoms with van der Waals surface area (Å²) >= 11 is 0. The number of nitrogens with zero attached hydrogens (tertiary/aromatic N) is 4. The highest BCUT2D eigenvalue weighted by atomic mass is 16.5. The van der Waals surface area contributed by atoms with Crippen molar-refractivity contribution in [3.8, 4) is 11.9 Å². The van der Waals surface area contributed by atoms with Gasteiger partial charge in [-0.2, -0.15) is 9.97 Å². The Balaban J connectivity index is 1.25. The standard InChI is InChI=1S/C28H31N5O5/c29-25-24-26(32-28(31-25)38-14-11-19-2-1-12-30-17-19)37-15-13-33(27(24)36)22-9-7-21(8-10-22)20-5-3-18(4-6-20)16-23(34)35/h1-2,7-10,12,17-18,20H,3-6,11,13-16H2,(H,34,35)(H2,29,31,32). The van der Waals surface area contributed by atoms with E-state index < -0.39 is 5.97 Å². The zero-order valence-corrected chi connectivity index (χ0v) is 21.1. The Bertz CT molecular complexity index is 1280. The van der Waals surface area contributed by atoms with E-state index in [1.165, 1.54) is 5.56 Å². The summed E-state index contributed by atoms with van der Waals surface area (Å²) in [7, 11) is 0. The van der Waals surface area contributed by atoms with E-state index in [0.29, 0.717) is 25.5 Å². The molecule has 1 aromatic carbocycles. The number of aliphatic carboxylic acids is 1. The minimum absolute atomic E-state index is 0.0121. The molecule has 1 aliphatic heterocycles. The Morgan fingerprint density at radius 2 is 1.92 bits per heavy atom. The summed E-state index contributed by atoms with van der Waals surface area (Å²) in [6, 6.07) is 11.9. The van der Waals surface area contributed by atoms with Crippen molar-refractivity contribution in [1.29, 1.82) is 0 Å². The van der Waals surface area contributed by atoms with Crippen LogP contribution in [0.2, 0.25) is 0 Å². The first-order valence-corrected chi connectivity index (χ1v) is 12.9. The monoisotopic (exact) mass is 517 g/mol. The normalized spacial score (nSPS) is 19.3. The summed E-state index contributed by atoms with van der Waals surface area (Å²) in [5.41, 5.74) is 9.28. The largest absolute Gasteiger partial charge is 0.481 e. The fourth-order valence-electron chi connectivity index (χ4n) is 5.20. The number of pyridine rings is 1. The van der Waals surface area contributed by atoms with Crippen LogP contribution in [-0.2, 0) is 11.2 Å². The van der Waals surface area contributed by atoms with Crippen LogP contribution in [0.25, 0.3) is 0 Å². The van der Waals surface area contributed by atoms with Gasteiger partial charge in [-0.05, 0) is 66.8 Å². The molecule has 10 heteroatoms. The molecule has 2 aliphatic rings. The summed E-state index contributed by atoms with van der Waals surface area (Å²) in [6.07, 6.45) is 8.15. The summed E-state index contributed by atoms with van der Waals surface area (Å²) in [5, 5.41) is 9.05. The number of hydrogen-bond acceptors (Lipinski definition) is 8. The Morgan fingerprint density at radius 1 is 1.13 bits per heavy atom. The molecule has 3 heterocycles. The molecule has 1 aliphatic carbocycles. The number of rotatable bonds is 8. The van der Waals surface area contributed by atoms with Crippen molar-refractivity contribution in [2.75, 3.05) is 30.4 Å². The summed E-state index contributed by atoms with van der Waals surface area (Å²) in [4.78, 5) is 38.7. The molecule has 198 valence electrons. The third-order valence-corrected chi connectivity index (χ3v) is 7.23. The highest BCUT2D eigenvalue weighted by Crippen LogP contribution is 2.38. The quantitative estimate of drug-likeness (QED) is 0.455. The predicted molar refractivity (Wildman–Crippen MR) is 140 cm³/mol. The molecule has 0 bridgehead atoms. The topological polar surface area (TPSA) is 141 Å². The number of hydrogen-bond donors (Lipinski definition) is 2. The average Bonchev–Trinajstić information content (AvgIpc) is 3.08. The number of amides is 1. The lowest BCUT2D eigenvalue weighted by atomic mass is 9.77. The van der Waals surface area contributed by atoms with Gasteiger partial charge < -0.3 is 25.2 Å². The number of carbonyl (C=O) groups is 2. The number of ether oxygens (including phenoxy) is 2. The molecular formula is C28H31N5O5. The summed E-state index contributed by atoms with van der Waals surface area (Å²) < 4.78 is 11.5. The van der Waals surface area contributed by atoms with Crippen LogP contribution in [0.1, 0.15) is 59.5 Å². The van der Waals surface area contributed by atoms with E-state index in [0.717, 1.165) is 36.9 Å². The van der Waals surface area contributed by atoms with Gasteiger partial charge in [-0.1, -0.05) is 18.2 Å². The van der Waals surface area contributed by atoms with Gasteiger partial charge in [0.05, 0.1) is 13.2 Å². The predicted octanol–water partition coefficient (Wildman–Crippen LogP) is 3.86. The van der Waals surface area contributed by atoms with Gasteiger partial charge in [-0.25, -0.2) is 0 Å². The number of fused-ring (bicyclic) bond motifs is 1. The van der Waals surface area contributed by atoms with Crippen LogP contribution in [0.3, 0.4) is 0 Å². The molecule has 0 radical (unpaired) electrons. The van der Waals surface area contributed by atoms with Crippen molar-refractivity contribution in [3.63, 3.8) is 0 Å². The molecule has 0 unspecified atom stereocenters. The SMILES string of the molecule is Nc1nc(OCCc2cccnc2)nc2c1C(=O)N(c1ccc(C3CCC(CC(=O)O)CC3)cc1)CCO2. The van der Waals surface area contributed by atoms with Gasteiger partial charge in [-0.15, -0.1) is 0 Å². The number of carboxylic acids is 1. The van der Waals surface area contributed by atoms with E-state index >= 15 is 0 Å². The first kappa shape index (κ1) is 25.4. The second-order valence-corrected chi connectivity index (χ2v) is 9.74. The van der Waals surface area contributed by atoms with Gasteiger partial charge in [0.25, 0.3) is 5.91 Å². The number of aromatic nitrogens is 3. The van der Waals surface area contributed by atoms with Gasteiger partial charge >= 0.3 is 12.0 Å². The maximum atomic E-state index is 13.5. The van der Waals surface area contributed by atoms with Crippen LogP contribution < -0.4 is 20.1 Å². The van der Waals surface area contributed by atoms with Crippen molar-refractivity contribution < 1.29 is 24.2 Å². The Morgan fingerprint density at radius 3 is 2.63 bits per heavy atom. The minimum atomic E-state index is -0.721. The average molecular weight is 518 g/mol. The smallest absolute Gasteiger partial charge is 0.321 e. The maximum Gasteiger partial charge on any atom is 0.321 e. The third kappa shape index (κ3) is 5.85. The first-order valence-electron chi connectivity index (χ1n) is 12.9. The van der Waals surface area contributed by atoms with Crippen LogP contribution >= 0.6 is 0 Å². The second kappa shape index (κ2) is 11.5. The van der Waals surface area contributed by atoms with Crippen LogP contribution in [0.4, 0.5) is 11.5 Å². The highest BCUT2D eigenvalue weighted by molar-refractivity contribution is 6.10. The number of carboxylic acid groups (broad SMARTS) is 1. The Labute approximate surface area is 220 Å². The van der Waals surface area contributed by atoms with Crippen LogP contribution in [-0.4, -0.2) is 51.7 Å². The van der Waals surface area contributed by atoms with Crippen molar-refractivity contribution in [3.05, 3.63) is 65.5 Å². The van der Waals surface area contributed by atoms with Crippen LogP contribution in [0.15, 0.2) is 48.8 Å². The molecule has 2 aromatic heterocycles. The zero-order valence-electron chi connectivity index (χ0n) is 21.1. The number of benzene rings is 1. The van der Waals surface area contributed by atoms with E-state index in [1.807, 2.05) is 24.3 Å². The molecule has 3 N–H and O–H groups in total. The molecule has 10 nitrogen and oxygen atoms in total. The van der Waals surface area contributed by atoms with Gasteiger partial charge in [0, 0.05) is 30.9 Å². The van der Waals surface area contributed by atoms with Crippen molar-refractivity contribution in [2.45, 2.75) is 44.4 Å². The zero-order chi connectivity index (χ0) is 26.5. The molecule has 1 fully saturated rings. The first-order chi connectivity index (χ1) is 18.5. The minimum Gasteiger partial charge on any atom is -0.481 e. The Kier molecular flexibility index (Phi) is 7.67. The lowest BCUT2D eigenvalue weighted by molar-refractivity contribution is -0.138. The molecule has 38 heavy (non-hydrogen) atoms. The van der Waals surface area contributed by atoms with E-state index in [4.69, 9.17) is 20.3 Å². The van der Waals surface area contributed by atoms with E-state index in [9.17, 15) is 9.59 Å². The molecule has 1 saturated carbocycles. The van der Waals surface area contributed by atoms with Crippen LogP contribution in [0, 0.1) is 5.92 Å². The van der Waals surface area contributed by atoms with E-state index in [1.54, 1.807) is 17.3 Å². The molecule has 1 amide bonds. The fourth-order valence-corrected chi connectivity index (χ4v) is 5.20. The van der Waals surface area contributed by atoms with Crippen molar-refractivity contribution in [1.82, 2.24) is 15.0 Å². The van der Waals surface area contributed by atoms with Crippen molar-refractivity contribution in [2.24, 2.45) is 5.92 Å². The number of nitrogens with two attached hydrogens (primary N) is 1. The van der Waals surface area contributed by atoms with Gasteiger partial charge in [0.2, 0.25) is 5.88 Å². The van der Waals surface area contributed by atoms with Gasteiger partial charge in [-0.3, -0.25) is 14.6 Å². The lowest BCUT2D eigenvalue weighted by Gasteiger charge is -2.28. The van der Waals surface area contributed by atoms with Crippen molar-refractivity contribution >= 4 is 23.4 Å². The van der Waals surface area contributed by atoms with E-state index in [2.05, 4.69) is 27.1 Å². The number of nitrogen functional groups attached to an aromatic ring is 1. The summed E-state index contributed by atoms with van der Waals surface area (Å²) in [6.45, 7) is 0.919. The summed E-state index contributed by atoms with van der Waals surface area (Å²) in [5.74, 6) is -0.245. The molecule has 0 saturated heterocycles. The molecular weight excluding hydrogens is 486 g/mol. The van der Waals surface area contributed by atoms with Gasteiger partial charge in [0.1, 0.15) is 18.0 Å². The molecule has 0 atom stereocenters. The fraction of sp³-hybridized carbons (Fsp3) is 0.393. The maximum absolute atomic E-state index is 13.5. The number of anilines is 2. The molecule has 0 spiro atoms. The number of carbonyl (C=O) groups excluding carboxylic acids is 1. The highest BCUT2D eigenvalue weighted by Gasteiger charge is 2.30. The second-order valence-electron chi connectivity index (χ2n) is 9.74. The van der Waals surface area contributed by atoms with E-state index in [-0.39, 0.29) is 48.1 Å². The van der Waals surface area contributed by atoms with Gasteiger partial charge in [0.15, 0.2) is 0 Å². The lowest BCUT2D eigenvalue weighted by Crippen LogP contribution is -2.32. The Hall–Kier alpha value is -4.21. The molecule has 5 rings (SSSR count).